The molecule has 0 saturated heterocycles. The number of hydrogen-bond acceptors (Lipinski definition) is 5. The first-order valence-electron chi connectivity index (χ1n) is 5.01. The quantitative estimate of drug-likeness (QED) is 0.589. The summed E-state index contributed by atoms with van der Waals surface area (Å²) >= 11 is 0. The van der Waals surface area contributed by atoms with Gasteiger partial charge in [0.05, 0.1) is 11.5 Å². The zero-order valence-corrected chi connectivity index (χ0v) is 8.84. The summed E-state index contributed by atoms with van der Waals surface area (Å²) in [5.41, 5.74) is 0.310. The van der Waals surface area contributed by atoms with E-state index in [4.69, 9.17) is 0 Å². The molecule has 1 aliphatic rings. The number of carbonyl (C=O) groups is 1. The average molecular weight is 234 g/mol. The second-order valence-corrected chi connectivity index (χ2v) is 3.42. The van der Waals surface area contributed by atoms with Gasteiger partial charge in [-0.15, -0.1) is 0 Å². The SMILES string of the molecule is O=C(Nc1cccc([N+](=O)[O-])c1)C1=NCCN1. The molecule has 0 radical (unpaired) electrons. The van der Waals surface area contributed by atoms with Crippen LogP contribution in [-0.4, -0.2) is 29.8 Å². The molecule has 0 fully saturated rings. The standard InChI is InChI=1S/C10H10N4O3/c15-10(9-11-4-5-12-9)13-7-2-1-3-8(6-7)14(16)17/h1-3,6H,4-5H2,(H,11,12)(H,13,15). The van der Waals surface area contributed by atoms with Crippen LogP contribution in [0.25, 0.3) is 0 Å². The minimum Gasteiger partial charge on any atom is -0.364 e. The molecule has 0 saturated carbocycles. The van der Waals surface area contributed by atoms with E-state index in [0.29, 0.717) is 18.8 Å². The van der Waals surface area contributed by atoms with Gasteiger partial charge in [0.25, 0.3) is 11.6 Å². The van der Waals surface area contributed by atoms with Crippen LogP contribution in [0.1, 0.15) is 0 Å². The lowest BCUT2D eigenvalue weighted by Gasteiger charge is -2.04. The van der Waals surface area contributed by atoms with Crippen molar-refractivity contribution in [3.05, 3.63) is 34.4 Å². The Morgan fingerprint density at radius 1 is 1.53 bits per heavy atom. The Kier molecular flexibility index (Phi) is 2.99. The molecule has 1 heterocycles. The number of aliphatic imine (C=N–C) groups is 1. The van der Waals surface area contributed by atoms with Gasteiger partial charge in [0, 0.05) is 24.4 Å². The van der Waals surface area contributed by atoms with Crippen LogP contribution in [0.3, 0.4) is 0 Å². The molecule has 7 heteroatoms. The topological polar surface area (TPSA) is 96.6 Å². The second kappa shape index (κ2) is 4.60. The highest BCUT2D eigenvalue weighted by atomic mass is 16.6. The molecule has 0 aromatic heterocycles. The number of anilines is 1. The van der Waals surface area contributed by atoms with Crippen molar-refractivity contribution in [3.63, 3.8) is 0 Å². The molecule has 0 spiro atoms. The molecule has 0 atom stereocenters. The van der Waals surface area contributed by atoms with Gasteiger partial charge in [-0.1, -0.05) is 6.07 Å². The van der Waals surface area contributed by atoms with Gasteiger partial charge in [0.1, 0.15) is 0 Å². The van der Waals surface area contributed by atoms with E-state index in [1.54, 1.807) is 6.07 Å². The van der Waals surface area contributed by atoms with E-state index in [0.717, 1.165) is 0 Å². The average Bonchev–Trinajstić information content (AvgIpc) is 2.82. The Bertz CT molecular complexity index is 498. The molecule has 0 unspecified atom stereocenters. The number of nitrogens with zero attached hydrogens (tertiary/aromatic N) is 2. The van der Waals surface area contributed by atoms with Crippen LogP contribution in [0.5, 0.6) is 0 Å². The molecule has 0 aliphatic carbocycles. The van der Waals surface area contributed by atoms with Crippen molar-refractivity contribution in [2.75, 3.05) is 18.4 Å². The van der Waals surface area contributed by atoms with Crippen LogP contribution in [0.4, 0.5) is 11.4 Å². The monoisotopic (exact) mass is 234 g/mol. The summed E-state index contributed by atoms with van der Waals surface area (Å²) in [5, 5.41) is 15.9. The van der Waals surface area contributed by atoms with Gasteiger partial charge in [-0.3, -0.25) is 19.9 Å². The van der Waals surface area contributed by atoms with Gasteiger partial charge >= 0.3 is 0 Å². The van der Waals surface area contributed by atoms with E-state index in [1.165, 1.54) is 18.2 Å². The Morgan fingerprint density at radius 2 is 2.35 bits per heavy atom. The first kappa shape index (κ1) is 11.1. The lowest BCUT2D eigenvalue weighted by atomic mass is 10.3. The number of amides is 1. The van der Waals surface area contributed by atoms with E-state index in [2.05, 4.69) is 15.6 Å². The number of benzene rings is 1. The number of carbonyl (C=O) groups excluding carboxylic acids is 1. The van der Waals surface area contributed by atoms with E-state index in [-0.39, 0.29) is 17.4 Å². The van der Waals surface area contributed by atoms with Gasteiger partial charge in [-0.25, -0.2) is 0 Å². The Balaban J connectivity index is 2.10. The molecule has 0 bridgehead atoms. The van der Waals surface area contributed by atoms with Crippen LogP contribution in [0.15, 0.2) is 29.3 Å². The fourth-order valence-electron chi connectivity index (χ4n) is 1.44. The van der Waals surface area contributed by atoms with Gasteiger partial charge in [-0.05, 0) is 6.07 Å². The number of amidine groups is 1. The van der Waals surface area contributed by atoms with Crippen molar-refractivity contribution >= 4 is 23.1 Å². The predicted octanol–water partition coefficient (Wildman–Crippen LogP) is 0.535. The lowest BCUT2D eigenvalue weighted by molar-refractivity contribution is -0.384. The third kappa shape index (κ3) is 2.57. The number of nitrogens with one attached hydrogen (secondary N) is 2. The maximum absolute atomic E-state index is 11.6. The molecule has 17 heavy (non-hydrogen) atoms. The van der Waals surface area contributed by atoms with Crippen molar-refractivity contribution in [3.8, 4) is 0 Å². The third-order valence-electron chi connectivity index (χ3n) is 2.20. The van der Waals surface area contributed by atoms with Crippen LogP contribution >= 0.6 is 0 Å². The van der Waals surface area contributed by atoms with E-state index < -0.39 is 4.92 Å². The number of nitro groups is 1. The zero-order valence-electron chi connectivity index (χ0n) is 8.84. The molecular formula is C10H10N4O3. The van der Waals surface area contributed by atoms with Crippen molar-refractivity contribution in [2.45, 2.75) is 0 Å². The summed E-state index contributed by atoms with van der Waals surface area (Å²) in [7, 11) is 0. The molecule has 7 nitrogen and oxygen atoms in total. The second-order valence-electron chi connectivity index (χ2n) is 3.42. The number of hydrogen-bond donors (Lipinski definition) is 2. The van der Waals surface area contributed by atoms with Gasteiger partial charge in [-0.2, -0.15) is 0 Å². The van der Waals surface area contributed by atoms with Gasteiger partial charge < -0.3 is 10.6 Å². The van der Waals surface area contributed by atoms with E-state index in [9.17, 15) is 14.9 Å². The van der Waals surface area contributed by atoms with E-state index in [1.807, 2.05) is 0 Å². The molecule has 1 aromatic rings. The summed E-state index contributed by atoms with van der Waals surface area (Å²) in [6, 6.07) is 5.76. The van der Waals surface area contributed by atoms with Crippen molar-refractivity contribution < 1.29 is 9.72 Å². The highest BCUT2D eigenvalue weighted by molar-refractivity contribution is 6.42. The Hall–Kier alpha value is -2.44. The third-order valence-corrected chi connectivity index (χ3v) is 2.20. The molecule has 2 N–H and O–H groups in total. The summed E-state index contributed by atoms with van der Waals surface area (Å²) in [6.07, 6.45) is 0. The molecule has 1 aliphatic heterocycles. The highest BCUT2D eigenvalue weighted by Gasteiger charge is 2.15. The molecule has 1 aromatic carbocycles. The maximum Gasteiger partial charge on any atom is 0.290 e. The smallest absolute Gasteiger partial charge is 0.290 e. The summed E-state index contributed by atoms with van der Waals surface area (Å²) < 4.78 is 0. The van der Waals surface area contributed by atoms with Gasteiger partial charge in [0.2, 0.25) is 0 Å². The van der Waals surface area contributed by atoms with Crippen LogP contribution in [0.2, 0.25) is 0 Å². The summed E-state index contributed by atoms with van der Waals surface area (Å²) in [5.74, 6) is -0.125. The molecule has 88 valence electrons. The minimum atomic E-state index is -0.513. The Morgan fingerprint density at radius 3 is 3.00 bits per heavy atom. The maximum atomic E-state index is 11.6. The normalized spacial score (nSPS) is 13.8. The minimum absolute atomic E-state index is 0.0656. The lowest BCUT2D eigenvalue weighted by Crippen LogP contribution is -2.32. The number of rotatable bonds is 3. The fraction of sp³-hybridized carbons (Fsp3) is 0.200. The number of nitro benzene ring substituents is 1. The highest BCUT2D eigenvalue weighted by Crippen LogP contribution is 2.16. The Labute approximate surface area is 96.7 Å². The first-order chi connectivity index (χ1) is 8.16. The molecule has 1 amide bonds. The first-order valence-corrected chi connectivity index (χ1v) is 5.01. The zero-order chi connectivity index (χ0) is 12.3. The van der Waals surface area contributed by atoms with Crippen LogP contribution in [0, 0.1) is 10.1 Å². The van der Waals surface area contributed by atoms with Gasteiger partial charge in [0.15, 0.2) is 5.84 Å². The summed E-state index contributed by atoms with van der Waals surface area (Å²) in [4.78, 5) is 25.6. The largest absolute Gasteiger partial charge is 0.364 e. The van der Waals surface area contributed by atoms with Crippen LogP contribution in [-0.2, 0) is 4.79 Å². The molecular weight excluding hydrogens is 224 g/mol. The van der Waals surface area contributed by atoms with Crippen molar-refractivity contribution in [1.29, 1.82) is 0 Å². The van der Waals surface area contributed by atoms with E-state index >= 15 is 0 Å². The fourth-order valence-corrected chi connectivity index (χ4v) is 1.44. The predicted molar refractivity (Wildman–Crippen MR) is 62.0 cm³/mol. The van der Waals surface area contributed by atoms with Crippen molar-refractivity contribution in [1.82, 2.24) is 5.32 Å². The van der Waals surface area contributed by atoms with Crippen LogP contribution < -0.4 is 10.6 Å². The summed E-state index contributed by atoms with van der Waals surface area (Å²) in [6.45, 7) is 1.20. The number of non-ortho nitro benzene ring substituents is 1. The molecule has 2 rings (SSSR count). The van der Waals surface area contributed by atoms with Crippen molar-refractivity contribution in [2.24, 2.45) is 4.99 Å².